The van der Waals surface area contributed by atoms with Gasteiger partial charge in [-0.1, -0.05) is 24.3 Å². The average Bonchev–Trinajstić information content (AvgIpc) is 2.26. The van der Waals surface area contributed by atoms with Crippen molar-refractivity contribution in [2.24, 2.45) is 0 Å². The third-order valence-corrected chi connectivity index (χ3v) is 2.14. The van der Waals surface area contributed by atoms with Crippen molar-refractivity contribution < 1.29 is 9.53 Å². The standard InChI is InChI=1S/C13H17NO2/c1-14(2)10-12-7-5-4-6-11(12)8-9-13(15)16-3/h4-9H,10H2,1-3H3/b9-8+. The van der Waals surface area contributed by atoms with Crippen LogP contribution in [0.1, 0.15) is 11.1 Å². The van der Waals surface area contributed by atoms with Gasteiger partial charge in [0, 0.05) is 12.6 Å². The van der Waals surface area contributed by atoms with Crippen LogP contribution in [0.2, 0.25) is 0 Å². The van der Waals surface area contributed by atoms with Gasteiger partial charge < -0.3 is 9.64 Å². The molecule has 0 saturated heterocycles. The highest BCUT2D eigenvalue weighted by molar-refractivity contribution is 5.87. The van der Waals surface area contributed by atoms with Gasteiger partial charge in [0.1, 0.15) is 0 Å². The van der Waals surface area contributed by atoms with Crippen molar-refractivity contribution in [3.63, 3.8) is 0 Å². The lowest BCUT2D eigenvalue weighted by Crippen LogP contribution is -2.11. The van der Waals surface area contributed by atoms with Gasteiger partial charge in [-0.3, -0.25) is 0 Å². The Morgan fingerprint density at radius 2 is 2.06 bits per heavy atom. The lowest BCUT2D eigenvalue weighted by molar-refractivity contribution is -0.134. The number of carbonyl (C=O) groups excluding carboxylic acids is 1. The Morgan fingerprint density at radius 3 is 2.69 bits per heavy atom. The Balaban J connectivity index is 2.86. The molecule has 0 aliphatic rings. The molecule has 3 heteroatoms. The lowest BCUT2D eigenvalue weighted by atomic mass is 10.1. The summed E-state index contributed by atoms with van der Waals surface area (Å²) < 4.78 is 4.56. The van der Waals surface area contributed by atoms with Crippen LogP contribution in [-0.2, 0) is 16.1 Å². The topological polar surface area (TPSA) is 29.5 Å². The molecule has 0 heterocycles. The van der Waals surface area contributed by atoms with Gasteiger partial charge in [0.25, 0.3) is 0 Å². The average molecular weight is 219 g/mol. The molecule has 0 N–H and O–H groups in total. The second kappa shape index (κ2) is 6.08. The molecule has 0 amide bonds. The van der Waals surface area contributed by atoms with Crippen molar-refractivity contribution >= 4 is 12.0 Å². The van der Waals surface area contributed by atoms with E-state index in [2.05, 4.69) is 15.7 Å². The summed E-state index contributed by atoms with van der Waals surface area (Å²) in [6.07, 6.45) is 3.22. The summed E-state index contributed by atoms with van der Waals surface area (Å²) in [6, 6.07) is 7.99. The van der Waals surface area contributed by atoms with E-state index in [1.54, 1.807) is 6.08 Å². The summed E-state index contributed by atoms with van der Waals surface area (Å²) in [5.74, 6) is -0.334. The quantitative estimate of drug-likeness (QED) is 0.572. The predicted molar refractivity (Wildman–Crippen MR) is 64.9 cm³/mol. The highest BCUT2D eigenvalue weighted by atomic mass is 16.5. The molecule has 1 aromatic carbocycles. The number of hydrogen-bond donors (Lipinski definition) is 0. The molecule has 0 unspecified atom stereocenters. The summed E-state index contributed by atoms with van der Waals surface area (Å²) >= 11 is 0. The van der Waals surface area contributed by atoms with Gasteiger partial charge >= 0.3 is 5.97 Å². The maximum atomic E-state index is 11.0. The fourth-order valence-corrected chi connectivity index (χ4v) is 1.41. The van der Waals surface area contributed by atoms with E-state index >= 15 is 0 Å². The Labute approximate surface area is 96.3 Å². The molecule has 0 atom stereocenters. The number of ether oxygens (including phenoxy) is 1. The second-order valence-electron chi connectivity index (χ2n) is 3.79. The molecule has 0 fully saturated rings. The maximum absolute atomic E-state index is 11.0. The molecule has 0 aliphatic carbocycles. The summed E-state index contributed by atoms with van der Waals surface area (Å²) in [5, 5.41) is 0. The van der Waals surface area contributed by atoms with Crippen LogP contribution < -0.4 is 0 Å². The molecule has 0 radical (unpaired) electrons. The molecule has 86 valence electrons. The van der Waals surface area contributed by atoms with Crippen LogP contribution in [-0.4, -0.2) is 32.1 Å². The number of esters is 1. The SMILES string of the molecule is COC(=O)/C=C/c1ccccc1CN(C)C. The second-order valence-corrected chi connectivity index (χ2v) is 3.79. The zero-order chi connectivity index (χ0) is 12.0. The van der Waals surface area contributed by atoms with Crippen molar-refractivity contribution in [1.29, 1.82) is 0 Å². The molecule has 3 nitrogen and oxygen atoms in total. The van der Waals surface area contributed by atoms with E-state index in [9.17, 15) is 4.79 Å². The van der Waals surface area contributed by atoms with E-state index in [1.807, 2.05) is 32.3 Å². The monoisotopic (exact) mass is 219 g/mol. The molecule has 0 saturated carbocycles. The molecule has 1 aromatic rings. The van der Waals surface area contributed by atoms with Crippen molar-refractivity contribution in [2.45, 2.75) is 6.54 Å². The molecule has 0 aliphatic heterocycles. The van der Waals surface area contributed by atoms with Crippen molar-refractivity contribution in [2.75, 3.05) is 21.2 Å². The summed E-state index contributed by atoms with van der Waals surface area (Å²) in [6.45, 7) is 0.849. The largest absolute Gasteiger partial charge is 0.466 e. The van der Waals surface area contributed by atoms with E-state index in [1.165, 1.54) is 18.7 Å². The molecular formula is C13H17NO2. The summed E-state index contributed by atoms with van der Waals surface area (Å²) in [4.78, 5) is 13.1. The van der Waals surface area contributed by atoms with E-state index in [0.29, 0.717) is 0 Å². The Morgan fingerprint density at radius 1 is 1.38 bits per heavy atom. The van der Waals surface area contributed by atoms with Crippen LogP contribution in [0, 0.1) is 0 Å². The predicted octanol–water partition coefficient (Wildman–Crippen LogP) is 1.93. The van der Waals surface area contributed by atoms with Gasteiger partial charge in [-0.05, 0) is 31.3 Å². The van der Waals surface area contributed by atoms with E-state index in [-0.39, 0.29) is 5.97 Å². The van der Waals surface area contributed by atoms with Crippen LogP contribution in [0.3, 0.4) is 0 Å². The first-order chi connectivity index (χ1) is 7.63. The molecule has 16 heavy (non-hydrogen) atoms. The van der Waals surface area contributed by atoms with Gasteiger partial charge in [0.2, 0.25) is 0 Å². The Kier molecular flexibility index (Phi) is 4.73. The number of methoxy groups -OCH3 is 1. The van der Waals surface area contributed by atoms with Crippen molar-refractivity contribution in [1.82, 2.24) is 4.90 Å². The molecule has 0 spiro atoms. The molecular weight excluding hydrogens is 202 g/mol. The van der Waals surface area contributed by atoms with Crippen LogP contribution in [0.4, 0.5) is 0 Å². The van der Waals surface area contributed by atoms with Crippen molar-refractivity contribution in [3.8, 4) is 0 Å². The normalized spacial score (nSPS) is 11.0. The van der Waals surface area contributed by atoms with Gasteiger partial charge in [0.05, 0.1) is 7.11 Å². The minimum Gasteiger partial charge on any atom is -0.466 e. The van der Waals surface area contributed by atoms with Crippen LogP contribution in [0.5, 0.6) is 0 Å². The highest BCUT2D eigenvalue weighted by Crippen LogP contribution is 2.12. The van der Waals surface area contributed by atoms with Crippen molar-refractivity contribution in [3.05, 3.63) is 41.5 Å². The highest BCUT2D eigenvalue weighted by Gasteiger charge is 2.00. The number of benzene rings is 1. The number of rotatable bonds is 4. The number of nitrogens with zero attached hydrogens (tertiary/aromatic N) is 1. The number of carbonyl (C=O) groups is 1. The van der Waals surface area contributed by atoms with Crippen LogP contribution in [0.15, 0.2) is 30.3 Å². The van der Waals surface area contributed by atoms with Gasteiger partial charge in [-0.2, -0.15) is 0 Å². The molecule has 0 aromatic heterocycles. The first kappa shape index (κ1) is 12.5. The minimum atomic E-state index is -0.334. The van der Waals surface area contributed by atoms with E-state index < -0.39 is 0 Å². The lowest BCUT2D eigenvalue weighted by Gasteiger charge is -2.11. The maximum Gasteiger partial charge on any atom is 0.330 e. The zero-order valence-electron chi connectivity index (χ0n) is 9.93. The van der Waals surface area contributed by atoms with Gasteiger partial charge in [-0.25, -0.2) is 4.79 Å². The number of hydrogen-bond acceptors (Lipinski definition) is 3. The Hall–Kier alpha value is -1.61. The molecule has 1 rings (SSSR count). The third-order valence-electron chi connectivity index (χ3n) is 2.14. The summed E-state index contributed by atoms with van der Waals surface area (Å²) in [5.41, 5.74) is 2.23. The fraction of sp³-hybridized carbons (Fsp3) is 0.308. The van der Waals surface area contributed by atoms with Gasteiger partial charge in [0.15, 0.2) is 0 Å². The third kappa shape index (κ3) is 3.87. The minimum absolute atomic E-state index is 0.334. The van der Waals surface area contributed by atoms with E-state index in [4.69, 9.17) is 0 Å². The van der Waals surface area contributed by atoms with Gasteiger partial charge in [-0.15, -0.1) is 0 Å². The fourth-order valence-electron chi connectivity index (χ4n) is 1.41. The first-order valence-electron chi connectivity index (χ1n) is 5.12. The molecule has 0 bridgehead atoms. The van der Waals surface area contributed by atoms with Crippen LogP contribution in [0.25, 0.3) is 6.08 Å². The smallest absolute Gasteiger partial charge is 0.330 e. The van der Waals surface area contributed by atoms with E-state index in [0.717, 1.165) is 12.1 Å². The first-order valence-corrected chi connectivity index (χ1v) is 5.12. The Bertz CT molecular complexity index is 383. The summed E-state index contributed by atoms with van der Waals surface area (Å²) in [7, 11) is 5.40. The van der Waals surface area contributed by atoms with Crippen LogP contribution >= 0.6 is 0 Å². The zero-order valence-corrected chi connectivity index (χ0v) is 9.93.